The van der Waals surface area contributed by atoms with Crippen LogP contribution in [0.15, 0.2) is 182 Å². The molecule has 6 heteroatoms. The van der Waals surface area contributed by atoms with E-state index >= 15 is 0 Å². The Morgan fingerprint density at radius 2 is 0.945 bits per heavy atom. The molecule has 13 rings (SSSR count). The first-order chi connectivity index (χ1) is 27.3. The van der Waals surface area contributed by atoms with E-state index in [4.69, 9.17) is 4.98 Å². The van der Waals surface area contributed by atoms with Gasteiger partial charge in [0, 0.05) is 32.9 Å². The second-order valence-electron chi connectivity index (χ2n) is 14.8. The van der Waals surface area contributed by atoms with Crippen LogP contribution in [0, 0.1) is 0 Å². The molecule has 5 nitrogen and oxygen atoms in total. The van der Waals surface area contributed by atoms with Gasteiger partial charge in [-0.15, -0.1) is 0 Å². The molecule has 5 heterocycles. The first kappa shape index (κ1) is 29.2. The third kappa shape index (κ3) is 3.75. The normalized spacial score (nSPS) is 12.7. The molecular formula is C49H30BN5. The molecule has 1 aliphatic rings. The van der Waals surface area contributed by atoms with Crippen LogP contribution in [0.1, 0.15) is 0 Å². The molecule has 0 atom stereocenters. The summed E-state index contributed by atoms with van der Waals surface area (Å²) in [5.74, 6) is 0.929. The van der Waals surface area contributed by atoms with Gasteiger partial charge in [0.1, 0.15) is 5.52 Å². The van der Waals surface area contributed by atoms with Gasteiger partial charge in [-0.05, 0) is 71.6 Å². The SMILES string of the molecule is c1ccc(B2c3ccccc3-n3c4c2cccc4n2c4cccc(-n5c6ccccc6c6cc(-n7c8ccccc8c8ccccc87)ccc65)c4nc32)cc1. The minimum atomic E-state index is 0.139. The van der Waals surface area contributed by atoms with Crippen molar-refractivity contribution in [3.63, 3.8) is 0 Å². The number of benzene rings is 8. The number of hydrogen-bond donors (Lipinski definition) is 0. The van der Waals surface area contributed by atoms with E-state index < -0.39 is 0 Å². The Kier molecular flexibility index (Phi) is 5.65. The molecule has 254 valence electrons. The van der Waals surface area contributed by atoms with E-state index in [1.54, 1.807) is 0 Å². The average molecular weight is 700 g/mol. The molecule has 0 spiro atoms. The van der Waals surface area contributed by atoms with Crippen LogP contribution in [0.2, 0.25) is 0 Å². The number of rotatable bonds is 3. The molecule has 0 radical (unpaired) electrons. The van der Waals surface area contributed by atoms with Crippen molar-refractivity contribution in [3.8, 4) is 17.1 Å². The summed E-state index contributed by atoms with van der Waals surface area (Å²) in [6.07, 6.45) is 0. The van der Waals surface area contributed by atoms with E-state index in [1.165, 1.54) is 65.7 Å². The fourth-order valence-electron chi connectivity index (χ4n) is 9.84. The predicted molar refractivity (Wildman–Crippen MR) is 229 cm³/mol. The molecule has 12 aromatic rings. The highest BCUT2D eigenvalue weighted by Crippen LogP contribution is 2.39. The highest BCUT2D eigenvalue weighted by atomic mass is 15.2. The zero-order chi connectivity index (χ0) is 35.8. The van der Waals surface area contributed by atoms with Crippen molar-refractivity contribution in [2.75, 3.05) is 0 Å². The summed E-state index contributed by atoms with van der Waals surface area (Å²) in [4.78, 5) is 5.59. The van der Waals surface area contributed by atoms with Crippen LogP contribution < -0.4 is 16.4 Å². The first-order valence-electron chi connectivity index (χ1n) is 18.9. The van der Waals surface area contributed by atoms with E-state index in [1.807, 2.05) is 0 Å². The molecule has 8 aromatic carbocycles. The van der Waals surface area contributed by atoms with E-state index in [2.05, 4.69) is 200 Å². The largest absolute Gasteiger partial charge is 0.309 e. The summed E-state index contributed by atoms with van der Waals surface area (Å²) in [6, 6.07) is 66.3. The Labute approximate surface area is 315 Å². The van der Waals surface area contributed by atoms with Crippen molar-refractivity contribution in [3.05, 3.63) is 182 Å². The smallest absolute Gasteiger partial charge is 0.246 e. The molecule has 0 unspecified atom stereocenters. The fourth-order valence-corrected chi connectivity index (χ4v) is 9.84. The van der Waals surface area contributed by atoms with Crippen molar-refractivity contribution >= 4 is 94.6 Å². The van der Waals surface area contributed by atoms with Gasteiger partial charge < -0.3 is 9.13 Å². The van der Waals surface area contributed by atoms with Crippen LogP contribution in [0.4, 0.5) is 0 Å². The maximum Gasteiger partial charge on any atom is 0.246 e. The highest BCUT2D eigenvalue weighted by Gasteiger charge is 2.34. The summed E-state index contributed by atoms with van der Waals surface area (Å²) < 4.78 is 9.59. The summed E-state index contributed by atoms with van der Waals surface area (Å²) in [6.45, 7) is 0.139. The van der Waals surface area contributed by atoms with E-state index in [0.29, 0.717) is 0 Å². The lowest BCUT2D eigenvalue weighted by molar-refractivity contribution is 1.11. The Morgan fingerprint density at radius 3 is 1.73 bits per heavy atom. The van der Waals surface area contributed by atoms with Crippen LogP contribution >= 0.6 is 0 Å². The van der Waals surface area contributed by atoms with Crippen molar-refractivity contribution in [1.82, 2.24) is 23.1 Å². The molecule has 0 saturated heterocycles. The molecule has 55 heavy (non-hydrogen) atoms. The molecule has 4 aromatic heterocycles. The monoisotopic (exact) mass is 699 g/mol. The fraction of sp³-hybridized carbons (Fsp3) is 0. The molecule has 1 aliphatic heterocycles. The maximum atomic E-state index is 5.59. The van der Waals surface area contributed by atoms with Gasteiger partial charge in [0.25, 0.3) is 0 Å². The Hall–Kier alpha value is -7.31. The minimum absolute atomic E-state index is 0.139. The first-order valence-corrected chi connectivity index (χ1v) is 18.9. The number of fused-ring (bicyclic) bond motifs is 13. The lowest BCUT2D eigenvalue weighted by Crippen LogP contribution is -2.55. The Morgan fingerprint density at radius 1 is 0.382 bits per heavy atom. The predicted octanol–water partition coefficient (Wildman–Crippen LogP) is 9.46. The molecule has 0 bridgehead atoms. The lowest BCUT2D eigenvalue weighted by Gasteiger charge is -2.25. The summed E-state index contributed by atoms with van der Waals surface area (Å²) in [5, 5.41) is 4.96. The average Bonchev–Trinajstić information content (AvgIpc) is 3.98. The number of aromatic nitrogens is 5. The van der Waals surface area contributed by atoms with Crippen LogP contribution in [-0.2, 0) is 0 Å². The van der Waals surface area contributed by atoms with Crippen molar-refractivity contribution in [1.29, 1.82) is 0 Å². The molecule has 0 saturated carbocycles. The second-order valence-corrected chi connectivity index (χ2v) is 14.8. The van der Waals surface area contributed by atoms with Gasteiger partial charge in [0.15, 0.2) is 0 Å². The van der Waals surface area contributed by atoms with Gasteiger partial charge in [-0.3, -0.25) is 8.97 Å². The van der Waals surface area contributed by atoms with Gasteiger partial charge in [0.2, 0.25) is 12.5 Å². The standard InChI is InChI=1S/C49H30BN5/c1-2-14-31(15-3-1)50-37-19-7-11-24-43(37)55-48-38(50)20-12-27-46(48)54-45-26-13-25-44(47(45)51-49(54)55)53-41-23-10-6-18-35(41)36-30-32(28-29-42(36)53)52-39-21-8-4-16-33(39)34-17-5-9-22-40(34)52/h1-30H. The molecule has 0 fully saturated rings. The van der Waals surface area contributed by atoms with E-state index in [0.717, 1.165) is 39.2 Å². The lowest BCUT2D eigenvalue weighted by atomic mass is 9.35. The van der Waals surface area contributed by atoms with Gasteiger partial charge in [0.05, 0.1) is 44.3 Å². The molecular weight excluding hydrogens is 669 g/mol. The maximum absolute atomic E-state index is 5.59. The van der Waals surface area contributed by atoms with E-state index in [-0.39, 0.29) is 6.71 Å². The highest BCUT2D eigenvalue weighted by molar-refractivity contribution is 6.97. The van der Waals surface area contributed by atoms with Crippen LogP contribution in [0.3, 0.4) is 0 Å². The zero-order valence-corrected chi connectivity index (χ0v) is 29.6. The zero-order valence-electron chi connectivity index (χ0n) is 29.6. The number of nitrogens with zero attached hydrogens (tertiary/aromatic N) is 5. The van der Waals surface area contributed by atoms with E-state index in [9.17, 15) is 0 Å². The number of hydrogen-bond acceptors (Lipinski definition) is 1. The van der Waals surface area contributed by atoms with Gasteiger partial charge in [-0.1, -0.05) is 127 Å². The minimum Gasteiger partial charge on any atom is -0.309 e. The van der Waals surface area contributed by atoms with Crippen molar-refractivity contribution in [2.45, 2.75) is 0 Å². The van der Waals surface area contributed by atoms with Gasteiger partial charge in [-0.2, -0.15) is 0 Å². The second kappa shape index (κ2) is 10.6. The molecule has 0 N–H and O–H groups in total. The molecule has 0 aliphatic carbocycles. The number of para-hydroxylation sites is 6. The summed E-state index contributed by atoms with van der Waals surface area (Å²) in [7, 11) is 0. The van der Waals surface area contributed by atoms with Crippen molar-refractivity contribution in [2.24, 2.45) is 0 Å². The van der Waals surface area contributed by atoms with Gasteiger partial charge >= 0.3 is 0 Å². The van der Waals surface area contributed by atoms with Crippen LogP contribution in [0.25, 0.3) is 88.5 Å². The summed E-state index contributed by atoms with van der Waals surface area (Å²) in [5.41, 5.74) is 16.5. The quantitative estimate of drug-likeness (QED) is 0.169. The van der Waals surface area contributed by atoms with Crippen molar-refractivity contribution < 1.29 is 0 Å². The molecule has 0 amide bonds. The van der Waals surface area contributed by atoms with Crippen LogP contribution in [-0.4, -0.2) is 29.8 Å². The Balaban J connectivity index is 1.08. The summed E-state index contributed by atoms with van der Waals surface area (Å²) >= 11 is 0. The topological polar surface area (TPSA) is 32.1 Å². The Bertz CT molecular complexity index is 3510. The number of imidazole rings is 2. The van der Waals surface area contributed by atoms with Gasteiger partial charge in [-0.25, -0.2) is 4.98 Å². The third-order valence-corrected chi connectivity index (χ3v) is 12.0. The third-order valence-electron chi connectivity index (χ3n) is 12.0. The van der Waals surface area contributed by atoms with Crippen LogP contribution in [0.5, 0.6) is 0 Å².